The Hall–Kier alpha value is -2.76. The van der Waals surface area contributed by atoms with E-state index in [1.165, 1.54) is 0 Å². The van der Waals surface area contributed by atoms with Crippen LogP contribution in [0.1, 0.15) is 25.1 Å². The molecule has 0 bridgehead atoms. The highest BCUT2D eigenvalue weighted by molar-refractivity contribution is 5.88. The van der Waals surface area contributed by atoms with E-state index in [9.17, 15) is 4.79 Å². The summed E-state index contributed by atoms with van der Waals surface area (Å²) in [6, 6.07) is 3.82. The number of hydrogen-bond donors (Lipinski definition) is 0. The standard InChI is InChI=1S/C19H23N5O/c1-13(2)10-17(25)24-9-7-15-16(12-24)21-18(22-19(15)23(3)4)14-6-5-8-20-11-14/h5-6,8,10-11H,7,9,12H2,1-4H3. The zero-order valence-corrected chi connectivity index (χ0v) is 15.2. The molecule has 0 fully saturated rings. The molecule has 6 heteroatoms. The first-order valence-corrected chi connectivity index (χ1v) is 8.37. The summed E-state index contributed by atoms with van der Waals surface area (Å²) in [5.41, 5.74) is 3.92. The topological polar surface area (TPSA) is 62.2 Å². The molecular formula is C19H23N5O. The minimum Gasteiger partial charge on any atom is -0.362 e. The predicted octanol–water partition coefficient (Wildman–Crippen LogP) is 2.46. The first-order valence-electron chi connectivity index (χ1n) is 8.37. The number of hydrogen-bond acceptors (Lipinski definition) is 5. The van der Waals surface area contributed by atoms with Gasteiger partial charge < -0.3 is 9.80 Å². The van der Waals surface area contributed by atoms with E-state index < -0.39 is 0 Å². The van der Waals surface area contributed by atoms with Gasteiger partial charge in [0.05, 0.1) is 12.2 Å². The van der Waals surface area contributed by atoms with E-state index in [1.54, 1.807) is 18.5 Å². The smallest absolute Gasteiger partial charge is 0.246 e. The average molecular weight is 337 g/mol. The summed E-state index contributed by atoms with van der Waals surface area (Å²) < 4.78 is 0. The minimum absolute atomic E-state index is 0.0404. The molecule has 1 aliphatic heterocycles. The summed E-state index contributed by atoms with van der Waals surface area (Å²) in [7, 11) is 3.96. The van der Waals surface area contributed by atoms with Gasteiger partial charge in [-0.3, -0.25) is 9.78 Å². The second-order valence-corrected chi connectivity index (χ2v) is 6.66. The third-order valence-electron chi connectivity index (χ3n) is 4.11. The number of carbonyl (C=O) groups is 1. The minimum atomic E-state index is 0.0404. The van der Waals surface area contributed by atoms with E-state index in [1.807, 2.05) is 49.9 Å². The zero-order valence-electron chi connectivity index (χ0n) is 15.2. The van der Waals surface area contributed by atoms with E-state index >= 15 is 0 Å². The summed E-state index contributed by atoms with van der Waals surface area (Å²) >= 11 is 0. The maximum Gasteiger partial charge on any atom is 0.246 e. The van der Waals surface area contributed by atoms with E-state index in [0.29, 0.717) is 18.9 Å². The Bertz CT molecular complexity index is 810. The Kier molecular flexibility index (Phi) is 4.79. The lowest BCUT2D eigenvalue weighted by molar-refractivity contribution is -0.127. The van der Waals surface area contributed by atoms with E-state index in [2.05, 4.69) is 4.98 Å². The summed E-state index contributed by atoms with van der Waals surface area (Å²) in [6.07, 6.45) is 5.93. The highest BCUT2D eigenvalue weighted by Gasteiger charge is 2.25. The van der Waals surface area contributed by atoms with Gasteiger partial charge in [0.15, 0.2) is 5.82 Å². The zero-order chi connectivity index (χ0) is 18.0. The van der Waals surface area contributed by atoms with Crippen LogP contribution in [0.15, 0.2) is 36.2 Å². The fraction of sp³-hybridized carbons (Fsp3) is 0.368. The average Bonchev–Trinajstić information content (AvgIpc) is 2.60. The van der Waals surface area contributed by atoms with Gasteiger partial charge >= 0.3 is 0 Å². The Morgan fingerprint density at radius 2 is 2.08 bits per heavy atom. The number of aromatic nitrogens is 3. The van der Waals surface area contributed by atoms with Crippen molar-refractivity contribution >= 4 is 11.7 Å². The van der Waals surface area contributed by atoms with Crippen molar-refractivity contribution in [1.29, 1.82) is 0 Å². The number of pyridine rings is 1. The molecule has 1 aliphatic rings. The maximum atomic E-state index is 12.4. The molecule has 6 nitrogen and oxygen atoms in total. The number of fused-ring (bicyclic) bond motifs is 1. The predicted molar refractivity (Wildman–Crippen MR) is 98.1 cm³/mol. The molecule has 3 heterocycles. The summed E-state index contributed by atoms with van der Waals surface area (Å²) in [5, 5.41) is 0. The summed E-state index contributed by atoms with van der Waals surface area (Å²) in [6.45, 7) is 5.06. The molecule has 130 valence electrons. The van der Waals surface area contributed by atoms with Gasteiger partial charge in [-0.2, -0.15) is 0 Å². The third kappa shape index (κ3) is 3.68. The summed E-state index contributed by atoms with van der Waals surface area (Å²) in [4.78, 5) is 29.9. The van der Waals surface area contributed by atoms with E-state index in [4.69, 9.17) is 9.97 Å². The fourth-order valence-electron chi connectivity index (χ4n) is 2.93. The molecule has 0 unspecified atom stereocenters. The highest BCUT2D eigenvalue weighted by atomic mass is 16.2. The number of allylic oxidation sites excluding steroid dienone is 1. The Balaban J connectivity index is 2.01. The number of anilines is 1. The van der Waals surface area contributed by atoms with Crippen LogP contribution in [-0.2, 0) is 17.8 Å². The fourth-order valence-corrected chi connectivity index (χ4v) is 2.93. The van der Waals surface area contributed by atoms with Crippen LogP contribution in [0.5, 0.6) is 0 Å². The van der Waals surface area contributed by atoms with E-state index in [0.717, 1.165) is 34.6 Å². The number of nitrogens with zero attached hydrogens (tertiary/aromatic N) is 5. The normalized spacial score (nSPS) is 13.2. The van der Waals surface area contributed by atoms with Crippen LogP contribution in [-0.4, -0.2) is 46.4 Å². The van der Waals surface area contributed by atoms with Crippen molar-refractivity contribution in [2.45, 2.75) is 26.8 Å². The van der Waals surface area contributed by atoms with Gasteiger partial charge in [-0.15, -0.1) is 0 Å². The molecule has 0 saturated heterocycles. The Morgan fingerprint density at radius 3 is 2.72 bits per heavy atom. The quantitative estimate of drug-likeness (QED) is 0.805. The largest absolute Gasteiger partial charge is 0.362 e. The van der Waals surface area contributed by atoms with Crippen LogP contribution in [0.2, 0.25) is 0 Å². The molecule has 0 aromatic carbocycles. The first-order chi connectivity index (χ1) is 12.0. The molecule has 0 atom stereocenters. The van der Waals surface area contributed by atoms with Crippen molar-refractivity contribution in [2.75, 3.05) is 25.5 Å². The van der Waals surface area contributed by atoms with Crippen molar-refractivity contribution < 1.29 is 4.79 Å². The molecular weight excluding hydrogens is 314 g/mol. The van der Waals surface area contributed by atoms with Crippen molar-refractivity contribution in [3.05, 3.63) is 47.4 Å². The number of amides is 1. The molecule has 0 N–H and O–H groups in total. The molecule has 25 heavy (non-hydrogen) atoms. The molecule has 1 amide bonds. The van der Waals surface area contributed by atoms with E-state index in [-0.39, 0.29) is 5.91 Å². The molecule has 0 saturated carbocycles. The van der Waals surface area contributed by atoms with Crippen LogP contribution in [0.25, 0.3) is 11.4 Å². The lowest BCUT2D eigenvalue weighted by atomic mass is 10.0. The Labute approximate surface area is 148 Å². The molecule has 0 radical (unpaired) electrons. The maximum absolute atomic E-state index is 12.4. The van der Waals surface area contributed by atoms with Crippen LogP contribution >= 0.6 is 0 Å². The summed E-state index contributed by atoms with van der Waals surface area (Å²) in [5.74, 6) is 1.60. The van der Waals surface area contributed by atoms with Gasteiger partial charge in [-0.1, -0.05) is 5.57 Å². The van der Waals surface area contributed by atoms with Gasteiger partial charge in [0.25, 0.3) is 0 Å². The third-order valence-corrected chi connectivity index (χ3v) is 4.11. The molecule has 0 aliphatic carbocycles. The second-order valence-electron chi connectivity index (χ2n) is 6.66. The van der Waals surface area contributed by atoms with Gasteiger partial charge in [-0.25, -0.2) is 9.97 Å². The van der Waals surface area contributed by atoms with Crippen LogP contribution in [0, 0.1) is 0 Å². The molecule has 2 aromatic rings. The van der Waals surface area contributed by atoms with Crippen molar-refractivity contribution in [3.63, 3.8) is 0 Å². The monoisotopic (exact) mass is 337 g/mol. The van der Waals surface area contributed by atoms with Crippen molar-refractivity contribution in [2.24, 2.45) is 0 Å². The van der Waals surface area contributed by atoms with Gasteiger partial charge in [0, 0.05) is 50.2 Å². The molecule has 0 spiro atoms. The Morgan fingerprint density at radius 1 is 1.28 bits per heavy atom. The first kappa shape index (κ1) is 17.1. The number of carbonyl (C=O) groups excluding carboxylic acids is 1. The second kappa shape index (κ2) is 7.01. The van der Waals surface area contributed by atoms with Gasteiger partial charge in [-0.05, 0) is 32.4 Å². The van der Waals surface area contributed by atoms with Gasteiger partial charge in [0.2, 0.25) is 5.91 Å². The molecule has 3 rings (SSSR count). The van der Waals surface area contributed by atoms with Crippen LogP contribution in [0.3, 0.4) is 0 Å². The van der Waals surface area contributed by atoms with Crippen molar-refractivity contribution in [1.82, 2.24) is 19.9 Å². The van der Waals surface area contributed by atoms with Crippen LogP contribution < -0.4 is 4.90 Å². The lowest BCUT2D eigenvalue weighted by Crippen LogP contribution is -2.36. The van der Waals surface area contributed by atoms with Crippen LogP contribution in [0.4, 0.5) is 5.82 Å². The molecule has 2 aromatic heterocycles. The highest BCUT2D eigenvalue weighted by Crippen LogP contribution is 2.28. The van der Waals surface area contributed by atoms with Crippen molar-refractivity contribution in [3.8, 4) is 11.4 Å². The SMILES string of the molecule is CC(C)=CC(=O)N1CCc2c(nc(-c3cccnc3)nc2N(C)C)C1. The van der Waals surface area contributed by atoms with Gasteiger partial charge in [0.1, 0.15) is 5.82 Å². The number of rotatable bonds is 3. The lowest BCUT2D eigenvalue weighted by Gasteiger charge is -2.30.